The highest BCUT2D eigenvalue weighted by Crippen LogP contribution is 2.23. The summed E-state index contributed by atoms with van der Waals surface area (Å²) in [6.45, 7) is 4.28. The van der Waals surface area contributed by atoms with Gasteiger partial charge in [0.25, 0.3) is 0 Å². The molecule has 0 aliphatic rings. The Balaban J connectivity index is 2.26. The van der Waals surface area contributed by atoms with Gasteiger partial charge in [0, 0.05) is 6.04 Å². The summed E-state index contributed by atoms with van der Waals surface area (Å²) in [4.78, 5) is 0. The van der Waals surface area contributed by atoms with Gasteiger partial charge in [0.2, 0.25) is 0 Å². The first kappa shape index (κ1) is 13.8. The zero-order valence-electron chi connectivity index (χ0n) is 11.7. The maximum atomic E-state index is 13.0. The molecule has 1 nitrogen and oxygen atoms in total. The monoisotopic (exact) mass is 257 g/mol. The Morgan fingerprint density at radius 1 is 1.00 bits per heavy atom. The van der Waals surface area contributed by atoms with Crippen molar-refractivity contribution in [3.8, 4) is 0 Å². The molecule has 2 rings (SSSR count). The molecule has 0 bridgehead atoms. The molecule has 0 saturated carbocycles. The highest BCUT2D eigenvalue weighted by Gasteiger charge is 2.13. The van der Waals surface area contributed by atoms with Crippen molar-refractivity contribution >= 4 is 0 Å². The molecule has 0 amide bonds. The molecule has 100 valence electrons. The SMILES string of the molecule is CNC(Cc1c(C)cccc1C)c1ccc(F)cc1. The van der Waals surface area contributed by atoms with Crippen LogP contribution in [0, 0.1) is 19.7 Å². The Labute approximate surface area is 114 Å². The smallest absolute Gasteiger partial charge is 0.123 e. The van der Waals surface area contributed by atoms with Crippen molar-refractivity contribution in [2.75, 3.05) is 7.05 Å². The lowest BCUT2D eigenvalue weighted by atomic mass is 9.93. The van der Waals surface area contributed by atoms with E-state index >= 15 is 0 Å². The third kappa shape index (κ3) is 3.21. The molecule has 2 aromatic carbocycles. The first-order valence-electron chi connectivity index (χ1n) is 6.59. The predicted molar refractivity (Wildman–Crippen MR) is 77.8 cm³/mol. The van der Waals surface area contributed by atoms with Crippen LogP contribution in [0.25, 0.3) is 0 Å². The minimum Gasteiger partial charge on any atom is -0.313 e. The molecule has 0 saturated heterocycles. The number of hydrogen-bond donors (Lipinski definition) is 1. The third-order valence-electron chi connectivity index (χ3n) is 3.67. The molecule has 2 aromatic rings. The van der Waals surface area contributed by atoms with E-state index in [2.05, 4.69) is 37.4 Å². The van der Waals surface area contributed by atoms with Crippen molar-refractivity contribution in [2.45, 2.75) is 26.3 Å². The zero-order chi connectivity index (χ0) is 13.8. The van der Waals surface area contributed by atoms with E-state index in [4.69, 9.17) is 0 Å². The fourth-order valence-electron chi connectivity index (χ4n) is 2.46. The average Bonchev–Trinajstić information content (AvgIpc) is 2.40. The lowest BCUT2D eigenvalue weighted by Crippen LogP contribution is -2.19. The molecule has 1 unspecified atom stereocenters. The second-order valence-corrected chi connectivity index (χ2v) is 4.97. The van der Waals surface area contributed by atoms with Crippen LogP contribution >= 0.6 is 0 Å². The third-order valence-corrected chi connectivity index (χ3v) is 3.67. The van der Waals surface area contributed by atoms with Crippen molar-refractivity contribution < 1.29 is 4.39 Å². The topological polar surface area (TPSA) is 12.0 Å². The number of nitrogens with one attached hydrogen (secondary N) is 1. The fourth-order valence-corrected chi connectivity index (χ4v) is 2.46. The lowest BCUT2D eigenvalue weighted by molar-refractivity contribution is 0.583. The Morgan fingerprint density at radius 3 is 2.11 bits per heavy atom. The van der Waals surface area contributed by atoms with E-state index in [0.29, 0.717) is 0 Å². The quantitative estimate of drug-likeness (QED) is 0.874. The molecule has 2 heteroatoms. The Hall–Kier alpha value is -1.67. The summed E-state index contributed by atoms with van der Waals surface area (Å²) >= 11 is 0. The normalized spacial score (nSPS) is 12.4. The first-order chi connectivity index (χ1) is 9.11. The van der Waals surface area contributed by atoms with Crippen molar-refractivity contribution in [2.24, 2.45) is 0 Å². The van der Waals surface area contributed by atoms with Gasteiger partial charge in [0.05, 0.1) is 0 Å². The molecule has 0 aliphatic heterocycles. The van der Waals surface area contributed by atoms with Crippen molar-refractivity contribution in [1.82, 2.24) is 5.32 Å². The summed E-state index contributed by atoms with van der Waals surface area (Å²) in [6.07, 6.45) is 0.917. The lowest BCUT2D eigenvalue weighted by Gasteiger charge is -2.19. The van der Waals surface area contributed by atoms with Gasteiger partial charge in [-0.3, -0.25) is 0 Å². The zero-order valence-corrected chi connectivity index (χ0v) is 11.7. The summed E-state index contributed by atoms with van der Waals surface area (Å²) in [5, 5.41) is 3.32. The van der Waals surface area contributed by atoms with Crippen molar-refractivity contribution in [1.29, 1.82) is 0 Å². The maximum Gasteiger partial charge on any atom is 0.123 e. The second kappa shape index (κ2) is 5.98. The van der Waals surface area contributed by atoms with Crippen LogP contribution in [-0.2, 0) is 6.42 Å². The number of benzene rings is 2. The van der Waals surface area contributed by atoms with Crippen LogP contribution in [0.4, 0.5) is 4.39 Å². The standard InChI is InChI=1S/C17H20FN/c1-12-5-4-6-13(2)16(12)11-17(19-3)14-7-9-15(18)10-8-14/h4-10,17,19H,11H2,1-3H3. The Morgan fingerprint density at radius 2 is 1.58 bits per heavy atom. The van der Waals surface area contributed by atoms with E-state index in [-0.39, 0.29) is 11.9 Å². The van der Waals surface area contributed by atoms with Gasteiger partial charge < -0.3 is 5.32 Å². The molecule has 19 heavy (non-hydrogen) atoms. The van der Waals surface area contributed by atoms with Crippen LogP contribution in [0.5, 0.6) is 0 Å². The number of aryl methyl sites for hydroxylation is 2. The average molecular weight is 257 g/mol. The van der Waals surface area contributed by atoms with E-state index in [9.17, 15) is 4.39 Å². The van der Waals surface area contributed by atoms with Gasteiger partial charge in [-0.15, -0.1) is 0 Å². The molecule has 0 aromatic heterocycles. The summed E-state index contributed by atoms with van der Waals surface area (Å²) in [6, 6.07) is 13.3. The van der Waals surface area contributed by atoms with Crippen molar-refractivity contribution in [3.63, 3.8) is 0 Å². The van der Waals surface area contributed by atoms with Crippen LogP contribution < -0.4 is 5.32 Å². The Bertz CT molecular complexity index is 525. The van der Waals surface area contributed by atoms with Gasteiger partial charge in [-0.2, -0.15) is 0 Å². The van der Waals surface area contributed by atoms with Gasteiger partial charge >= 0.3 is 0 Å². The van der Waals surface area contributed by atoms with E-state index < -0.39 is 0 Å². The minimum atomic E-state index is -0.189. The summed E-state index contributed by atoms with van der Waals surface area (Å²) in [5.74, 6) is -0.189. The molecule has 0 spiro atoms. The number of likely N-dealkylation sites (N-methyl/N-ethyl adjacent to an activating group) is 1. The first-order valence-corrected chi connectivity index (χ1v) is 6.59. The van der Waals surface area contributed by atoms with Gasteiger partial charge in [-0.05, 0) is 61.7 Å². The van der Waals surface area contributed by atoms with Gasteiger partial charge in [-0.25, -0.2) is 4.39 Å². The van der Waals surface area contributed by atoms with Gasteiger partial charge in [0.1, 0.15) is 5.82 Å². The van der Waals surface area contributed by atoms with Crippen LogP contribution in [-0.4, -0.2) is 7.05 Å². The fraction of sp³-hybridized carbons (Fsp3) is 0.294. The Kier molecular flexibility index (Phi) is 4.33. The molecule has 0 fully saturated rings. The van der Waals surface area contributed by atoms with Gasteiger partial charge in [-0.1, -0.05) is 30.3 Å². The molecule has 0 radical (unpaired) electrons. The molecular weight excluding hydrogens is 237 g/mol. The summed E-state index contributed by atoms with van der Waals surface area (Å²) in [5.41, 5.74) is 5.10. The van der Waals surface area contributed by atoms with Crippen LogP contribution in [0.1, 0.15) is 28.3 Å². The van der Waals surface area contributed by atoms with Crippen molar-refractivity contribution in [3.05, 3.63) is 70.5 Å². The van der Waals surface area contributed by atoms with Gasteiger partial charge in [0.15, 0.2) is 0 Å². The van der Waals surface area contributed by atoms with E-state index in [1.165, 1.54) is 28.8 Å². The van der Waals surface area contributed by atoms with E-state index in [1.807, 2.05) is 19.2 Å². The number of halogens is 1. The predicted octanol–water partition coefficient (Wildman–Crippen LogP) is 3.95. The molecule has 1 atom stereocenters. The maximum absolute atomic E-state index is 13.0. The van der Waals surface area contributed by atoms with E-state index in [1.54, 1.807) is 0 Å². The second-order valence-electron chi connectivity index (χ2n) is 4.97. The summed E-state index contributed by atoms with van der Waals surface area (Å²) in [7, 11) is 1.95. The van der Waals surface area contributed by atoms with Crippen LogP contribution in [0.2, 0.25) is 0 Å². The largest absolute Gasteiger partial charge is 0.313 e. The highest BCUT2D eigenvalue weighted by molar-refractivity contribution is 5.35. The number of hydrogen-bond acceptors (Lipinski definition) is 1. The number of rotatable bonds is 4. The van der Waals surface area contributed by atoms with Crippen LogP contribution in [0.3, 0.4) is 0 Å². The minimum absolute atomic E-state index is 0.189. The van der Waals surface area contributed by atoms with Crippen LogP contribution in [0.15, 0.2) is 42.5 Å². The molecular formula is C17H20FN. The summed E-state index contributed by atoms with van der Waals surface area (Å²) < 4.78 is 13.0. The molecule has 1 N–H and O–H groups in total. The van der Waals surface area contributed by atoms with E-state index in [0.717, 1.165) is 12.0 Å². The molecule has 0 heterocycles. The molecule has 0 aliphatic carbocycles. The highest BCUT2D eigenvalue weighted by atomic mass is 19.1.